The number of para-hydroxylation sites is 1. The van der Waals surface area contributed by atoms with Crippen LogP contribution in [0.2, 0.25) is 0 Å². The summed E-state index contributed by atoms with van der Waals surface area (Å²) >= 11 is 0. The van der Waals surface area contributed by atoms with Gasteiger partial charge in [-0.05, 0) is 12.1 Å². The van der Waals surface area contributed by atoms with Crippen LogP contribution < -0.4 is 4.74 Å². The molecule has 1 heterocycles. The first-order valence-electron chi connectivity index (χ1n) is 4.17. The van der Waals surface area contributed by atoms with Gasteiger partial charge in [0.05, 0.1) is 11.7 Å². The molecule has 5 nitrogen and oxygen atoms in total. The highest BCUT2D eigenvalue weighted by Gasteiger charge is 2.12. The highest BCUT2D eigenvalue weighted by molar-refractivity contribution is 5.94. The monoisotopic (exact) mass is 205 g/mol. The summed E-state index contributed by atoms with van der Waals surface area (Å²) in [5, 5.41) is 9.47. The van der Waals surface area contributed by atoms with Crippen LogP contribution in [0.3, 0.4) is 0 Å². The molecular weight excluding hydrogens is 198 g/mol. The van der Waals surface area contributed by atoms with Crippen molar-refractivity contribution in [2.45, 2.75) is 0 Å². The summed E-state index contributed by atoms with van der Waals surface area (Å²) in [4.78, 5) is 21.1. The van der Waals surface area contributed by atoms with E-state index in [-0.39, 0.29) is 12.2 Å². The Morgan fingerprint density at radius 1 is 1.40 bits per heavy atom. The number of carbonyl (C=O) groups excluding carboxylic acids is 1. The minimum absolute atomic E-state index is 0.239. The van der Waals surface area contributed by atoms with Crippen LogP contribution in [0.25, 0.3) is 10.9 Å². The summed E-state index contributed by atoms with van der Waals surface area (Å²) in [5.41, 5.74) is 0.488. The Morgan fingerprint density at radius 2 is 2.13 bits per heavy atom. The molecule has 0 aliphatic heterocycles. The third kappa shape index (κ3) is 1.43. The van der Waals surface area contributed by atoms with Gasteiger partial charge in [-0.15, -0.1) is 0 Å². The lowest BCUT2D eigenvalue weighted by molar-refractivity contribution is -0.120. The topological polar surface area (TPSA) is 68.5 Å². The second kappa shape index (κ2) is 3.45. The molecule has 0 radical (unpaired) electrons. The van der Waals surface area contributed by atoms with Gasteiger partial charge in [0.1, 0.15) is 0 Å². The molecule has 1 aromatic carbocycles. The molecule has 0 saturated carbocycles. The molecule has 0 spiro atoms. The fourth-order valence-electron chi connectivity index (χ4n) is 1.45. The van der Waals surface area contributed by atoms with Crippen molar-refractivity contribution in [3.8, 4) is 5.75 Å². The van der Waals surface area contributed by atoms with E-state index in [1.165, 1.54) is 6.20 Å². The molecule has 1 N–H and O–H groups in total. The first kappa shape index (κ1) is 9.26. The number of carboxylic acid groups (broad SMARTS) is 1. The van der Waals surface area contributed by atoms with Crippen LogP contribution in [-0.2, 0) is 4.79 Å². The summed E-state index contributed by atoms with van der Waals surface area (Å²) in [7, 11) is 0. The van der Waals surface area contributed by atoms with E-state index in [1.807, 2.05) is 0 Å². The van der Waals surface area contributed by atoms with Gasteiger partial charge in [0, 0.05) is 5.39 Å². The number of benzene rings is 1. The minimum atomic E-state index is -1.12. The SMILES string of the molecule is O=COc1cn(C(=O)O)c2ccccc12. The molecular formula is C10H7NO4. The average molecular weight is 205 g/mol. The van der Waals surface area contributed by atoms with Crippen molar-refractivity contribution < 1.29 is 19.4 Å². The lowest BCUT2D eigenvalue weighted by atomic mass is 10.2. The molecule has 2 aromatic rings. The lowest BCUT2D eigenvalue weighted by Crippen LogP contribution is -2.05. The molecule has 0 bridgehead atoms. The summed E-state index contributed by atoms with van der Waals surface area (Å²) in [5.74, 6) is 0.239. The molecule has 0 aliphatic carbocycles. The first-order valence-corrected chi connectivity index (χ1v) is 4.17. The van der Waals surface area contributed by atoms with E-state index in [9.17, 15) is 9.59 Å². The maximum absolute atomic E-state index is 10.9. The van der Waals surface area contributed by atoms with Crippen molar-refractivity contribution in [2.24, 2.45) is 0 Å². The van der Waals surface area contributed by atoms with E-state index >= 15 is 0 Å². The zero-order valence-electron chi connectivity index (χ0n) is 7.58. The minimum Gasteiger partial charge on any atom is -0.464 e. The normalized spacial score (nSPS) is 10.1. The Kier molecular flexibility index (Phi) is 2.13. The summed E-state index contributed by atoms with van der Waals surface area (Å²) in [6.07, 6.45) is 0.147. The predicted molar refractivity (Wildman–Crippen MR) is 52.1 cm³/mol. The van der Waals surface area contributed by atoms with Crippen molar-refractivity contribution in [2.75, 3.05) is 0 Å². The summed E-state index contributed by atoms with van der Waals surface area (Å²) in [6, 6.07) is 6.79. The number of hydrogen-bond donors (Lipinski definition) is 1. The van der Waals surface area contributed by atoms with Gasteiger partial charge in [0.2, 0.25) is 0 Å². The third-order valence-electron chi connectivity index (χ3n) is 2.06. The molecule has 0 atom stereocenters. The predicted octanol–water partition coefficient (Wildman–Crippen LogP) is 1.70. The van der Waals surface area contributed by atoms with Crippen molar-refractivity contribution in [3.05, 3.63) is 30.5 Å². The molecule has 0 aliphatic rings. The van der Waals surface area contributed by atoms with Gasteiger partial charge in [-0.2, -0.15) is 0 Å². The quantitative estimate of drug-likeness (QED) is 0.757. The lowest BCUT2D eigenvalue weighted by Gasteiger charge is -1.94. The smallest absolute Gasteiger partial charge is 0.416 e. The molecule has 5 heteroatoms. The van der Waals surface area contributed by atoms with Crippen LogP contribution in [-0.4, -0.2) is 22.2 Å². The number of nitrogens with zero attached hydrogens (tertiary/aromatic N) is 1. The Morgan fingerprint density at radius 3 is 2.80 bits per heavy atom. The highest BCUT2D eigenvalue weighted by atomic mass is 16.5. The van der Waals surface area contributed by atoms with E-state index in [0.717, 1.165) is 4.57 Å². The van der Waals surface area contributed by atoms with E-state index in [2.05, 4.69) is 4.74 Å². The largest absolute Gasteiger partial charge is 0.464 e. The number of hydrogen-bond acceptors (Lipinski definition) is 3. The molecule has 0 fully saturated rings. The Bertz CT molecular complexity index is 529. The summed E-state index contributed by atoms with van der Waals surface area (Å²) < 4.78 is 5.69. The molecule has 0 saturated heterocycles. The van der Waals surface area contributed by atoms with Gasteiger partial charge in [0.15, 0.2) is 5.75 Å². The van der Waals surface area contributed by atoms with Gasteiger partial charge >= 0.3 is 6.09 Å². The van der Waals surface area contributed by atoms with Crippen LogP contribution in [0.5, 0.6) is 5.75 Å². The fourth-order valence-corrected chi connectivity index (χ4v) is 1.45. The zero-order chi connectivity index (χ0) is 10.8. The molecule has 0 amide bonds. The van der Waals surface area contributed by atoms with Gasteiger partial charge in [-0.3, -0.25) is 4.79 Å². The standard InChI is InChI=1S/C10H7NO4/c12-6-15-9-5-11(10(13)14)8-4-2-1-3-7(8)9/h1-6H,(H,13,14). The number of rotatable bonds is 2. The molecule has 2 rings (SSSR count). The summed E-state index contributed by atoms with van der Waals surface area (Å²) in [6.45, 7) is 0.272. The molecule has 76 valence electrons. The number of carbonyl (C=O) groups is 2. The van der Waals surface area contributed by atoms with Gasteiger partial charge in [0.25, 0.3) is 6.47 Å². The van der Waals surface area contributed by atoms with E-state index in [0.29, 0.717) is 10.9 Å². The van der Waals surface area contributed by atoms with Gasteiger partial charge < -0.3 is 9.84 Å². The molecule has 15 heavy (non-hydrogen) atoms. The number of ether oxygens (including phenoxy) is 1. The van der Waals surface area contributed by atoms with Crippen molar-refractivity contribution in [3.63, 3.8) is 0 Å². The Labute approximate surface area is 84.5 Å². The maximum atomic E-state index is 10.9. The van der Waals surface area contributed by atoms with Crippen molar-refractivity contribution >= 4 is 23.5 Å². The van der Waals surface area contributed by atoms with E-state index in [1.54, 1.807) is 24.3 Å². The van der Waals surface area contributed by atoms with Crippen LogP contribution in [0.1, 0.15) is 0 Å². The fraction of sp³-hybridized carbons (Fsp3) is 0. The van der Waals surface area contributed by atoms with E-state index in [4.69, 9.17) is 5.11 Å². The van der Waals surface area contributed by atoms with Crippen LogP contribution in [0.4, 0.5) is 4.79 Å². The van der Waals surface area contributed by atoms with Gasteiger partial charge in [-0.1, -0.05) is 12.1 Å². The molecule has 0 unspecified atom stereocenters. The Balaban J connectivity index is 2.72. The van der Waals surface area contributed by atoms with Gasteiger partial charge in [-0.25, -0.2) is 9.36 Å². The van der Waals surface area contributed by atoms with Crippen molar-refractivity contribution in [1.82, 2.24) is 4.57 Å². The second-order valence-electron chi connectivity index (χ2n) is 2.88. The number of fused-ring (bicyclic) bond motifs is 1. The third-order valence-corrected chi connectivity index (χ3v) is 2.06. The second-order valence-corrected chi connectivity index (χ2v) is 2.88. The zero-order valence-corrected chi connectivity index (χ0v) is 7.58. The molecule has 1 aromatic heterocycles. The average Bonchev–Trinajstić information content (AvgIpc) is 2.59. The number of aromatic nitrogens is 1. The highest BCUT2D eigenvalue weighted by Crippen LogP contribution is 2.27. The maximum Gasteiger partial charge on any atom is 0.416 e. The first-order chi connectivity index (χ1) is 7.24. The van der Waals surface area contributed by atoms with Crippen LogP contribution >= 0.6 is 0 Å². The van der Waals surface area contributed by atoms with Crippen LogP contribution in [0, 0.1) is 0 Å². The van der Waals surface area contributed by atoms with Crippen LogP contribution in [0.15, 0.2) is 30.5 Å². The van der Waals surface area contributed by atoms with E-state index < -0.39 is 6.09 Å². The Hall–Kier alpha value is -2.30. The van der Waals surface area contributed by atoms with Crippen molar-refractivity contribution in [1.29, 1.82) is 0 Å².